The van der Waals surface area contributed by atoms with Gasteiger partial charge in [0, 0.05) is 18.0 Å². The lowest BCUT2D eigenvalue weighted by atomic mass is 10.1. The molecule has 0 aliphatic rings. The minimum atomic E-state index is -0.255. The molecule has 2 aromatic heterocycles. The van der Waals surface area contributed by atoms with E-state index < -0.39 is 0 Å². The standard InChI is InChI=1S/C16H15FN4/c1-2-4-14-11-15(12-5-7-13(17)8-6-12)21(20-14)16-18-9-3-10-19-16/h3,5-11H,2,4H2,1H3. The summed E-state index contributed by atoms with van der Waals surface area (Å²) in [4.78, 5) is 8.48. The van der Waals surface area contributed by atoms with E-state index in [4.69, 9.17) is 0 Å². The Balaban J connectivity index is 2.11. The van der Waals surface area contributed by atoms with E-state index in [1.54, 1.807) is 35.3 Å². The zero-order valence-corrected chi connectivity index (χ0v) is 11.7. The van der Waals surface area contributed by atoms with Gasteiger partial charge in [-0.1, -0.05) is 13.3 Å². The first-order valence-corrected chi connectivity index (χ1v) is 6.90. The summed E-state index contributed by atoms with van der Waals surface area (Å²) in [5.74, 6) is 0.258. The molecule has 0 atom stereocenters. The monoisotopic (exact) mass is 282 g/mol. The van der Waals surface area contributed by atoms with E-state index in [1.807, 2.05) is 6.07 Å². The molecular weight excluding hydrogens is 267 g/mol. The fourth-order valence-corrected chi connectivity index (χ4v) is 2.19. The Morgan fingerprint density at radius 3 is 2.48 bits per heavy atom. The lowest BCUT2D eigenvalue weighted by molar-refractivity contribution is 0.628. The quantitative estimate of drug-likeness (QED) is 0.736. The van der Waals surface area contributed by atoms with Crippen molar-refractivity contribution in [1.82, 2.24) is 19.7 Å². The van der Waals surface area contributed by atoms with Crippen LogP contribution in [0.1, 0.15) is 19.0 Å². The molecule has 0 amide bonds. The van der Waals surface area contributed by atoms with E-state index in [0.717, 1.165) is 29.8 Å². The Labute approximate surface area is 122 Å². The number of rotatable bonds is 4. The van der Waals surface area contributed by atoms with Crippen molar-refractivity contribution in [2.24, 2.45) is 0 Å². The molecule has 0 bridgehead atoms. The first-order valence-electron chi connectivity index (χ1n) is 6.90. The van der Waals surface area contributed by atoms with Crippen molar-refractivity contribution in [2.45, 2.75) is 19.8 Å². The maximum absolute atomic E-state index is 13.1. The predicted molar refractivity (Wildman–Crippen MR) is 78.5 cm³/mol. The van der Waals surface area contributed by atoms with Crippen LogP contribution in [0.4, 0.5) is 4.39 Å². The molecule has 3 aromatic rings. The van der Waals surface area contributed by atoms with Gasteiger partial charge in [0.2, 0.25) is 0 Å². The van der Waals surface area contributed by atoms with Crippen molar-refractivity contribution in [1.29, 1.82) is 0 Å². The molecule has 5 heteroatoms. The highest BCUT2D eigenvalue weighted by molar-refractivity contribution is 5.61. The largest absolute Gasteiger partial charge is 0.251 e. The smallest absolute Gasteiger partial charge is 0.220 e. The molecular formula is C16H15FN4. The van der Waals surface area contributed by atoms with Crippen LogP contribution in [0.2, 0.25) is 0 Å². The topological polar surface area (TPSA) is 43.6 Å². The number of nitrogens with zero attached hydrogens (tertiary/aromatic N) is 4. The van der Waals surface area contributed by atoms with Crippen LogP contribution in [-0.2, 0) is 6.42 Å². The highest BCUT2D eigenvalue weighted by Gasteiger charge is 2.13. The fraction of sp³-hybridized carbons (Fsp3) is 0.188. The van der Waals surface area contributed by atoms with Crippen LogP contribution in [0.3, 0.4) is 0 Å². The first-order chi connectivity index (χ1) is 10.3. The van der Waals surface area contributed by atoms with Crippen LogP contribution in [-0.4, -0.2) is 19.7 Å². The van der Waals surface area contributed by atoms with Gasteiger partial charge < -0.3 is 0 Å². The van der Waals surface area contributed by atoms with Crippen LogP contribution in [0.25, 0.3) is 17.2 Å². The first kappa shape index (κ1) is 13.4. The maximum Gasteiger partial charge on any atom is 0.251 e. The molecule has 0 unspecified atom stereocenters. The number of aryl methyl sites for hydroxylation is 1. The highest BCUT2D eigenvalue weighted by Crippen LogP contribution is 2.23. The lowest BCUT2D eigenvalue weighted by Crippen LogP contribution is -2.04. The zero-order chi connectivity index (χ0) is 14.7. The van der Waals surface area contributed by atoms with Gasteiger partial charge in [0.05, 0.1) is 11.4 Å². The van der Waals surface area contributed by atoms with Crippen molar-refractivity contribution in [3.8, 4) is 17.2 Å². The summed E-state index contributed by atoms with van der Waals surface area (Å²) < 4.78 is 14.8. The van der Waals surface area contributed by atoms with Crippen LogP contribution < -0.4 is 0 Å². The molecule has 0 radical (unpaired) electrons. The molecule has 3 rings (SSSR count). The van der Waals surface area contributed by atoms with E-state index in [0.29, 0.717) is 5.95 Å². The molecule has 0 saturated carbocycles. The maximum atomic E-state index is 13.1. The van der Waals surface area contributed by atoms with E-state index in [-0.39, 0.29) is 5.82 Å². The number of aromatic nitrogens is 4. The summed E-state index contributed by atoms with van der Waals surface area (Å²) in [5, 5.41) is 4.57. The Hall–Kier alpha value is -2.56. The summed E-state index contributed by atoms with van der Waals surface area (Å²) in [6.07, 6.45) is 5.25. The van der Waals surface area contributed by atoms with Gasteiger partial charge in [0.15, 0.2) is 0 Å². The molecule has 1 aromatic carbocycles. The predicted octanol–water partition coefficient (Wildman–Crippen LogP) is 3.42. The Morgan fingerprint density at radius 1 is 1.10 bits per heavy atom. The number of benzene rings is 1. The van der Waals surface area contributed by atoms with Gasteiger partial charge in [0.25, 0.3) is 5.95 Å². The van der Waals surface area contributed by atoms with Crippen molar-refractivity contribution in [3.63, 3.8) is 0 Å². The second kappa shape index (κ2) is 5.83. The average Bonchev–Trinajstić information content (AvgIpc) is 2.93. The normalized spacial score (nSPS) is 10.8. The van der Waals surface area contributed by atoms with E-state index in [9.17, 15) is 4.39 Å². The second-order valence-electron chi connectivity index (χ2n) is 4.74. The second-order valence-corrected chi connectivity index (χ2v) is 4.74. The molecule has 0 saturated heterocycles. The molecule has 0 aliphatic heterocycles. The van der Waals surface area contributed by atoms with E-state index in [2.05, 4.69) is 22.0 Å². The Morgan fingerprint density at radius 2 is 1.81 bits per heavy atom. The Kier molecular flexibility index (Phi) is 3.73. The van der Waals surface area contributed by atoms with Crippen LogP contribution in [0.15, 0.2) is 48.8 Å². The molecule has 0 fully saturated rings. The van der Waals surface area contributed by atoms with Gasteiger partial charge in [-0.15, -0.1) is 0 Å². The summed E-state index contributed by atoms with van der Waals surface area (Å²) >= 11 is 0. The van der Waals surface area contributed by atoms with Gasteiger partial charge in [-0.3, -0.25) is 0 Å². The Bertz CT molecular complexity index is 720. The molecule has 21 heavy (non-hydrogen) atoms. The van der Waals surface area contributed by atoms with Gasteiger partial charge >= 0.3 is 0 Å². The molecule has 4 nitrogen and oxygen atoms in total. The number of hydrogen-bond acceptors (Lipinski definition) is 3. The van der Waals surface area contributed by atoms with Gasteiger partial charge in [0.1, 0.15) is 5.82 Å². The number of halogens is 1. The SMILES string of the molecule is CCCc1cc(-c2ccc(F)cc2)n(-c2ncccn2)n1. The molecule has 0 spiro atoms. The van der Waals surface area contributed by atoms with Crippen LogP contribution in [0, 0.1) is 5.82 Å². The third-order valence-corrected chi connectivity index (χ3v) is 3.15. The molecule has 0 N–H and O–H groups in total. The highest BCUT2D eigenvalue weighted by atomic mass is 19.1. The van der Waals surface area contributed by atoms with E-state index >= 15 is 0 Å². The molecule has 2 heterocycles. The average molecular weight is 282 g/mol. The van der Waals surface area contributed by atoms with Gasteiger partial charge in [-0.25, -0.2) is 14.4 Å². The van der Waals surface area contributed by atoms with Crippen molar-refractivity contribution < 1.29 is 4.39 Å². The van der Waals surface area contributed by atoms with Gasteiger partial charge in [-0.2, -0.15) is 9.78 Å². The summed E-state index contributed by atoms with van der Waals surface area (Å²) in [5.41, 5.74) is 2.73. The van der Waals surface area contributed by atoms with Crippen molar-refractivity contribution in [2.75, 3.05) is 0 Å². The summed E-state index contributed by atoms with van der Waals surface area (Å²) in [6, 6.07) is 10.1. The summed E-state index contributed by atoms with van der Waals surface area (Å²) in [6.45, 7) is 2.11. The van der Waals surface area contributed by atoms with Gasteiger partial charge in [-0.05, 0) is 42.8 Å². The zero-order valence-electron chi connectivity index (χ0n) is 11.7. The minimum Gasteiger partial charge on any atom is -0.220 e. The number of hydrogen-bond donors (Lipinski definition) is 0. The minimum absolute atomic E-state index is 0.255. The third-order valence-electron chi connectivity index (χ3n) is 3.15. The van der Waals surface area contributed by atoms with Crippen LogP contribution in [0.5, 0.6) is 0 Å². The lowest BCUT2D eigenvalue weighted by Gasteiger charge is -2.05. The molecule has 106 valence electrons. The summed E-state index contributed by atoms with van der Waals surface area (Å²) in [7, 11) is 0. The van der Waals surface area contributed by atoms with Crippen molar-refractivity contribution >= 4 is 0 Å². The molecule has 0 aliphatic carbocycles. The fourth-order valence-electron chi connectivity index (χ4n) is 2.19. The van der Waals surface area contributed by atoms with Crippen LogP contribution >= 0.6 is 0 Å². The third kappa shape index (κ3) is 2.81. The van der Waals surface area contributed by atoms with E-state index in [1.165, 1.54) is 12.1 Å². The van der Waals surface area contributed by atoms with Crippen molar-refractivity contribution in [3.05, 3.63) is 60.3 Å².